The van der Waals surface area contributed by atoms with E-state index in [-0.39, 0.29) is 6.29 Å². The summed E-state index contributed by atoms with van der Waals surface area (Å²) in [6.45, 7) is 4.15. The molecule has 3 heteroatoms. The smallest absolute Gasteiger partial charge is 0.183 e. The standard InChI is InChI=1S/C18H20O3/c1-14-6-8-15(9-7-14)13-21-17-5-2-4-16(12-17)18-19-10-3-11-20-18/h2,4-9,12,18H,3,10-11,13H2,1H3. The highest BCUT2D eigenvalue weighted by atomic mass is 16.7. The van der Waals surface area contributed by atoms with E-state index < -0.39 is 0 Å². The van der Waals surface area contributed by atoms with Gasteiger partial charge in [-0.2, -0.15) is 0 Å². The van der Waals surface area contributed by atoms with Gasteiger partial charge < -0.3 is 14.2 Å². The fourth-order valence-corrected chi connectivity index (χ4v) is 2.28. The quantitative estimate of drug-likeness (QED) is 0.849. The van der Waals surface area contributed by atoms with Crippen molar-refractivity contribution in [2.45, 2.75) is 26.2 Å². The van der Waals surface area contributed by atoms with Crippen molar-refractivity contribution < 1.29 is 14.2 Å². The van der Waals surface area contributed by atoms with Crippen molar-refractivity contribution in [3.05, 3.63) is 65.2 Å². The van der Waals surface area contributed by atoms with Crippen LogP contribution in [0, 0.1) is 6.92 Å². The van der Waals surface area contributed by atoms with Gasteiger partial charge in [0.05, 0.1) is 13.2 Å². The van der Waals surface area contributed by atoms with Gasteiger partial charge in [-0.1, -0.05) is 42.0 Å². The van der Waals surface area contributed by atoms with Crippen molar-refractivity contribution in [1.82, 2.24) is 0 Å². The monoisotopic (exact) mass is 284 g/mol. The lowest BCUT2D eigenvalue weighted by Gasteiger charge is -2.23. The Hall–Kier alpha value is -1.84. The Balaban J connectivity index is 1.64. The number of hydrogen-bond acceptors (Lipinski definition) is 3. The highest BCUT2D eigenvalue weighted by Gasteiger charge is 2.16. The lowest BCUT2D eigenvalue weighted by atomic mass is 10.1. The van der Waals surface area contributed by atoms with E-state index in [0.717, 1.165) is 36.5 Å². The van der Waals surface area contributed by atoms with Crippen LogP contribution in [-0.2, 0) is 16.1 Å². The zero-order valence-corrected chi connectivity index (χ0v) is 12.2. The van der Waals surface area contributed by atoms with E-state index in [4.69, 9.17) is 14.2 Å². The topological polar surface area (TPSA) is 27.7 Å². The van der Waals surface area contributed by atoms with Crippen LogP contribution in [-0.4, -0.2) is 13.2 Å². The SMILES string of the molecule is Cc1ccc(COc2cccc(C3OCCCO3)c2)cc1. The average molecular weight is 284 g/mol. The average Bonchev–Trinajstić information content (AvgIpc) is 2.55. The highest BCUT2D eigenvalue weighted by molar-refractivity contribution is 5.30. The highest BCUT2D eigenvalue weighted by Crippen LogP contribution is 2.26. The molecule has 0 aliphatic carbocycles. The van der Waals surface area contributed by atoms with Gasteiger partial charge in [-0.3, -0.25) is 0 Å². The van der Waals surface area contributed by atoms with E-state index in [1.54, 1.807) is 0 Å². The zero-order chi connectivity index (χ0) is 14.5. The molecular weight excluding hydrogens is 264 g/mol. The largest absolute Gasteiger partial charge is 0.489 e. The summed E-state index contributed by atoms with van der Waals surface area (Å²) in [5, 5.41) is 0. The van der Waals surface area contributed by atoms with E-state index in [9.17, 15) is 0 Å². The maximum atomic E-state index is 5.85. The fourth-order valence-electron chi connectivity index (χ4n) is 2.28. The van der Waals surface area contributed by atoms with Gasteiger partial charge in [0.15, 0.2) is 6.29 Å². The molecule has 1 saturated heterocycles. The van der Waals surface area contributed by atoms with Crippen LogP contribution >= 0.6 is 0 Å². The number of aryl methyl sites for hydroxylation is 1. The van der Waals surface area contributed by atoms with Gasteiger partial charge in [0.25, 0.3) is 0 Å². The van der Waals surface area contributed by atoms with E-state index in [2.05, 4.69) is 31.2 Å². The van der Waals surface area contributed by atoms with Crippen LogP contribution < -0.4 is 4.74 Å². The normalized spacial score (nSPS) is 15.9. The predicted octanol–water partition coefficient (Wildman–Crippen LogP) is 4.01. The van der Waals surface area contributed by atoms with E-state index in [0.29, 0.717) is 6.61 Å². The maximum Gasteiger partial charge on any atom is 0.183 e. The molecule has 0 spiro atoms. The third-order valence-corrected chi connectivity index (χ3v) is 3.48. The molecule has 0 N–H and O–H groups in total. The molecule has 2 aromatic rings. The molecule has 110 valence electrons. The summed E-state index contributed by atoms with van der Waals surface area (Å²) in [7, 11) is 0. The van der Waals surface area contributed by atoms with Crippen molar-refractivity contribution in [2.24, 2.45) is 0 Å². The van der Waals surface area contributed by atoms with E-state index in [1.165, 1.54) is 5.56 Å². The van der Waals surface area contributed by atoms with Crippen LogP contribution in [0.4, 0.5) is 0 Å². The Morgan fingerprint density at radius 2 is 1.81 bits per heavy atom. The molecule has 0 bridgehead atoms. The van der Waals surface area contributed by atoms with Crippen molar-refractivity contribution in [2.75, 3.05) is 13.2 Å². The molecule has 0 amide bonds. The second-order valence-corrected chi connectivity index (χ2v) is 5.27. The molecule has 0 atom stereocenters. The van der Waals surface area contributed by atoms with E-state index in [1.807, 2.05) is 24.3 Å². The molecule has 0 saturated carbocycles. The fraction of sp³-hybridized carbons (Fsp3) is 0.333. The molecule has 0 aromatic heterocycles. The van der Waals surface area contributed by atoms with E-state index >= 15 is 0 Å². The first-order valence-electron chi connectivity index (χ1n) is 7.33. The number of hydrogen-bond donors (Lipinski definition) is 0. The summed E-state index contributed by atoms with van der Waals surface area (Å²) in [5.74, 6) is 0.839. The van der Waals surface area contributed by atoms with Crippen LogP contribution in [0.2, 0.25) is 0 Å². The van der Waals surface area contributed by atoms with Crippen LogP contribution in [0.15, 0.2) is 48.5 Å². The second-order valence-electron chi connectivity index (χ2n) is 5.27. The first-order valence-corrected chi connectivity index (χ1v) is 7.33. The van der Waals surface area contributed by atoms with Crippen molar-refractivity contribution >= 4 is 0 Å². The number of rotatable bonds is 4. The lowest BCUT2D eigenvalue weighted by molar-refractivity contribution is -0.183. The predicted molar refractivity (Wildman–Crippen MR) is 81.2 cm³/mol. The molecule has 3 rings (SSSR count). The summed E-state index contributed by atoms with van der Waals surface area (Å²) >= 11 is 0. The number of benzene rings is 2. The van der Waals surface area contributed by atoms with Gasteiger partial charge >= 0.3 is 0 Å². The van der Waals surface area contributed by atoms with Crippen LogP contribution in [0.5, 0.6) is 5.75 Å². The summed E-state index contributed by atoms with van der Waals surface area (Å²) < 4.78 is 17.1. The van der Waals surface area contributed by atoms with Crippen molar-refractivity contribution in [3.8, 4) is 5.75 Å². The summed E-state index contributed by atoms with van der Waals surface area (Å²) in [4.78, 5) is 0. The maximum absolute atomic E-state index is 5.85. The molecule has 1 aliphatic heterocycles. The minimum atomic E-state index is -0.262. The molecule has 1 fully saturated rings. The minimum Gasteiger partial charge on any atom is -0.489 e. The van der Waals surface area contributed by atoms with Crippen LogP contribution in [0.3, 0.4) is 0 Å². The summed E-state index contributed by atoms with van der Waals surface area (Å²) in [6.07, 6.45) is 0.696. The van der Waals surface area contributed by atoms with Crippen LogP contribution in [0.1, 0.15) is 29.4 Å². The number of ether oxygens (including phenoxy) is 3. The minimum absolute atomic E-state index is 0.262. The second kappa shape index (κ2) is 6.74. The van der Waals surface area contributed by atoms with Gasteiger partial charge in [0, 0.05) is 5.56 Å². The molecule has 21 heavy (non-hydrogen) atoms. The van der Waals surface area contributed by atoms with Gasteiger partial charge in [-0.05, 0) is 31.0 Å². The molecule has 3 nitrogen and oxygen atoms in total. The van der Waals surface area contributed by atoms with Gasteiger partial charge in [-0.15, -0.1) is 0 Å². The Labute approximate surface area is 125 Å². The first kappa shape index (κ1) is 14.1. The summed E-state index contributed by atoms with van der Waals surface area (Å²) in [6, 6.07) is 16.3. The Bertz CT molecular complexity index is 571. The van der Waals surface area contributed by atoms with Crippen molar-refractivity contribution in [1.29, 1.82) is 0 Å². The van der Waals surface area contributed by atoms with Gasteiger partial charge in [-0.25, -0.2) is 0 Å². The molecular formula is C18H20O3. The Kier molecular flexibility index (Phi) is 4.53. The van der Waals surface area contributed by atoms with Gasteiger partial charge in [0.2, 0.25) is 0 Å². The van der Waals surface area contributed by atoms with Crippen LogP contribution in [0.25, 0.3) is 0 Å². The van der Waals surface area contributed by atoms with Crippen molar-refractivity contribution in [3.63, 3.8) is 0 Å². The lowest BCUT2D eigenvalue weighted by Crippen LogP contribution is -2.17. The molecule has 0 radical (unpaired) electrons. The first-order chi connectivity index (χ1) is 10.3. The molecule has 2 aromatic carbocycles. The summed E-state index contributed by atoms with van der Waals surface area (Å²) in [5.41, 5.74) is 3.43. The molecule has 0 unspecified atom stereocenters. The van der Waals surface area contributed by atoms with Gasteiger partial charge in [0.1, 0.15) is 12.4 Å². The third kappa shape index (κ3) is 3.84. The molecule has 1 aliphatic rings. The zero-order valence-electron chi connectivity index (χ0n) is 12.2. The third-order valence-electron chi connectivity index (χ3n) is 3.48. The molecule has 1 heterocycles. The Morgan fingerprint density at radius 1 is 1.05 bits per heavy atom. The Morgan fingerprint density at radius 3 is 2.57 bits per heavy atom.